The van der Waals surface area contributed by atoms with E-state index in [0.717, 1.165) is 36.1 Å². The first-order valence-electron chi connectivity index (χ1n) is 10.3. The smallest absolute Gasteiger partial charge is 0.230 e. The Morgan fingerprint density at radius 1 is 1.10 bits per heavy atom. The number of carbonyl (C=O) groups excluding carboxylic acids is 2. The average Bonchev–Trinajstić information content (AvgIpc) is 3.47. The Morgan fingerprint density at radius 3 is 2.43 bits per heavy atom. The molecule has 2 aromatic carbocycles. The number of carbonyl (C=O) groups is 2. The molecule has 1 fully saturated rings. The topological polar surface area (TPSA) is 83.6 Å². The molecule has 0 unspecified atom stereocenters. The fraction of sp³-hybridized carbons (Fsp3) is 0.391. The first-order chi connectivity index (χ1) is 14.3. The van der Waals surface area contributed by atoms with E-state index in [1.54, 1.807) is 38.1 Å². The van der Waals surface area contributed by atoms with Gasteiger partial charge in [-0.15, -0.1) is 0 Å². The van der Waals surface area contributed by atoms with Crippen LogP contribution in [0.3, 0.4) is 0 Å². The second kappa shape index (κ2) is 7.87. The minimum atomic E-state index is -3.32. The van der Waals surface area contributed by atoms with Crippen LogP contribution in [0.5, 0.6) is 0 Å². The SMILES string of the molecule is CC(C)S(=O)(=O)c1ccc(CC(=O)Nc2ccc3c(c2)N(C(=O)C2CC2)CC3)cc1. The Balaban J connectivity index is 1.42. The van der Waals surface area contributed by atoms with E-state index in [9.17, 15) is 18.0 Å². The predicted octanol–water partition coefficient (Wildman–Crippen LogP) is 3.35. The number of benzene rings is 2. The predicted molar refractivity (Wildman–Crippen MR) is 116 cm³/mol. The lowest BCUT2D eigenvalue weighted by Gasteiger charge is -2.18. The fourth-order valence-electron chi connectivity index (χ4n) is 3.70. The summed E-state index contributed by atoms with van der Waals surface area (Å²) in [5.74, 6) is 0.165. The van der Waals surface area contributed by atoms with Crippen molar-refractivity contribution in [2.45, 2.75) is 49.7 Å². The van der Waals surface area contributed by atoms with Crippen LogP contribution in [0.2, 0.25) is 0 Å². The third-order valence-corrected chi connectivity index (χ3v) is 7.86. The van der Waals surface area contributed by atoms with Crippen LogP contribution < -0.4 is 10.2 Å². The molecular formula is C23H26N2O4S. The number of nitrogens with one attached hydrogen (secondary N) is 1. The number of amides is 2. The van der Waals surface area contributed by atoms with E-state index in [-0.39, 0.29) is 29.0 Å². The maximum absolute atomic E-state index is 12.5. The zero-order valence-electron chi connectivity index (χ0n) is 17.2. The highest BCUT2D eigenvalue weighted by Crippen LogP contribution is 2.37. The largest absolute Gasteiger partial charge is 0.326 e. The summed E-state index contributed by atoms with van der Waals surface area (Å²) in [7, 11) is -3.32. The zero-order chi connectivity index (χ0) is 21.5. The molecule has 0 atom stereocenters. The molecular weight excluding hydrogens is 400 g/mol. The van der Waals surface area contributed by atoms with Crippen molar-refractivity contribution in [3.8, 4) is 0 Å². The van der Waals surface area contributed by atoms with Crippen LogP contribution in [-0.2, 0) is 32.3 Å². The van der Waals surface area contributed by atoms with Crippen molar-refractivity contribution in [1.82, 2.24) is 0 Å². The summed E-state index contributed by atoms with van der Waals surface area (Å²) in [6.07, 6.45) is 2.92. The molecule has 1 N–H and O–H groups in total. The van der Waals surface area contributed by atoms with Crippen molar-refractivity contribution in [3.05, 3.63) is 53.6 Å². The number of sulfone groups is 1. The van der Waals surface area contributed by atoms with E-state index >= 15 is 0 Å². The van der Waals surface area contributed by atoms with Crippen LogP contribution in [-0.4, -0.2) is 32.0 Å². The van der Waals surface area contributed by atoms with Gasteiger partial charge in [-0.25, -0.2) is 8.42 Å². The van der Waals surface area contributed by atoms with Gasteiger partial charge in [0.15, 0.2) is 9.84 Å². The zero-order valence-corrected chi connectivity index (χ0v) is 18.0. The highest BCUT2D eigenvalue weighted by atomic mass is 32.2. The summed E-state index contributed by atoms with van der Waals surface area (Å²) in [4.78, 5) is 27.1. The molecule has 30 heavy (non-hydrogen) atoms. The molecule has 1 aliphatic carbocycles. The number of nitrogens with zero attached hydrogens (tertiary/aromatic N) is 1. The summed E-state index contributed by atoms with van der Waals surface area (Å²) in [5, 5.41) is 2.40. The molecule has 4 rings (SSSR count). The molecule has 0 bridgehead atoms. The van der Waals surface area contributed by atoms with Crippen LogP contribution >= 0.6 is 0 Å². The van der Waals surface area contributed by atoms with Gasteiger partial charge in [0.25, 0.3) is 0 Å². The summed E-state index contributed by atoms with van der Waals surface area (Å²) in [6, 6.07) is 12.2. The summed E-state index contributed by atoms with van der Waals surface area (Å²) < 4.78 is 24.4. The van der Waals surface area contributed by atoms with Crippen LogP contribution in [0.25, 0.3) is 0 Å². The standard InChI is InChI=1S/C23H26N2O4S/c1-15(2)30(28,29)20-9-3-16(4-10-20)13-22(26)24-19-8-7-17-11-12-25(21(17)14-19)23(27)18-5-6-18/h3-4,7-10,14-15,18H,5-6,11-13H2,1-2H3,(H,24,26). The quantitative estimate of drug-likeness (QED) is 0.768. The molecule has 2 aliphatic rings. The van der Waals surface area contributed by atoms with Gasteiger partial charge >= 0.3 is 0 Å². The molecule has 2 aromatic rings. The fourth-order valence-corrected chi connectivity index (χ4v) is 4.76. The number of rotatable bonds is 6. The first-order valence-corrected chi connectivity index (χ1v) is 11.9. The lowest BCUT2D eigenvalue weighted by molar-refractivity contribution is -0.119. The third-order valence-electron chi connectivity index (χ3n) is 5.69. The van der Waals surface area contributed by atoms with Crippen molar-refractivity contribution in [2.75, 3.05) is 16.8 Å². The highest BCUT2D eigenvalue weighted by molar-refractivity contribution is 7.92. The summed E-state index contributed by atoms with van der Waals surface area (Å²) in [5.41, 5.74) is 3.42. The Morgan fingerprint density at radius 2 is 1.80 bits per heavy atom. The summed E-state index contributed by atoms with van der Waals surface area (Å²) in [6.45, 7) is 3.99. The molecule has 2 amide bonds. The number of hydrogen-bond donors (Lipinski definition) is 1. The van der Waals surface area contributed by atoms with Gasteiger partial charge < -0.3 is 10.2 Å². The monoisotopic (exact) mass is 426 g/mol. The van der Waals surface area contributed by atoms with E-state index in [0.29, 0.717) is 12.2 Å². The number of hydrogen-bond acceptors (Lipinski definition) is 4. The van der Waals surface area contributed by atoms with Crippen molar-refractivity contribution in [2.24, 2.45) is 5.92 Å². The molecule has 158 valence electrons. The first kappa shape index (κ1) is 20.6. The Labute approximate surface area is 177 Å². The van der Waals surface area contributed by atoms with Crippen LogP contribution in [0.4, 0.5) is 11.4 Å². The van der Waals surface area contributed by atoms with E-state index in [2.05, 4.69) is 5.32 Å². The van der Waals surface area contributed by atoms with Gasteiger partial charge in [-0.2, -0.15) is 0 Å². The molecule has 0 saturated heterocycles. The van der Waals surface area contributed by atoms with Gasteiger partial charge in [0.1, 0.15) is 0 Å². The van der Waals surface area contributed by atoms with Gasteiger partial charge in [-0.3, -0.25) is 9.59 Å². The molecule has 1 heterocycles. The van der Waals surface area contributed by atoms with E-state index in [1.807, 2.05) is 23.1 Å². The van der Waals surface area contributed by atoms with Crippen molar-refractivity contribution in [3.63, 3.8) is 0 Å². The second-order valence-electron chi connectivity index (χ2n) is 8.32. The normalized spacial score (nSPS) is 15.9. The molecule has 1 aliphatic heterocycles. The van der Waals surface area contributed by atoms with E-state index < -0.39 is 15.1 Å². The minimum Gasteiger partial charge on any atom is -0.326 e. The third kappa shape index (κ3) is 4.12. The summed E-state index contributed by atoms with van der Waals surface area (Å²) >= 11 is 0. The number of anilines is 2. The molecule has 0 spiro atoms. The van der Waals surface area contributed by atoms with Crippen molar-refractivity contribution in [1.29, 1.82) is 0 Å². The van der Waals surface area contributed by atoms with Gasteiger partial charge in [-0.05, 0) is 68.5 Å². The molecule has 7 heteroatoms. The Bertz CT molecular complexity index is 1090. The highest BCUT2D eigenvalue weighted by Gasteiger charge is 2.36. The van der Waals surface area contributed by atoms with Crippen LogP contribution in [0.1, 0.15) is 37.8 Å². The van der Waals surface area contributed by atoms with Gasteiger partial charge in [0, 0.05) is 23.8 Å². The van der Waals surface area contributed by atoms with Gasteiger partial charge in [0.2, 0.25) is 11.8 Å². The van der Waals surface area contributed by atoms with Crippen LogP contribution in [0.15, 0.2) is 47.4 Å². The second-order valence-corrected chi connectivity index (χ2v) is 10.8. The molecule has 0 radical (unpaired) electrons. The lowest BCUT2D eigenvalue weighted by atomic mass is 10.1. The van der Waals surface area contributed by atoms with Gasteiger partial charge in [0.05, 0.1) is 16.6 Å². The Hall–Kier alpha value is -2.67. The van der Waals surface area contributed by atoms with E-state index in [1.165, 1.54) is 0 Å². The maximum Gasteiger partial charge on any atom is 0.230 e. The van der Waals surface area contributed by atoms with Crippen molar-refractivity contribution < 1.29 is 18.0 Å². The average molecular weight is 427 g/mol. The van der Waals surface area contributed by atoms with Crippen LogP contribution in [0, 0.1) is 5.92 Å². The maximum atomic E-state index is 12.5. The lowest BCUT2D eigenvalue weighted by Crippen LogP contribution is -2.30. The Kier molecular flexibility index (Phi) is 5.40. The van der Waals surface area contributed by atoms with Gasteiger partial charge in [-0.1, -0.05) is 18.2 Å². The molecule has 1 saturated carbocycles. The van der Waals surface area contributed by atoms with E-state index in [4.69, 9.17) is 0 Å². The number of fused-ring (bicyclic) bond motifs is 1. The molecule has 0 aromatic heterocycles. The minimum absolute atomic E-state index is 0.143. The van der Waals surface area contributed by atoms with Crippen molar-refractivity contribution >= 4 is 33.0 Å². The molecule has 6 nitrogen and oxygen atoms in total.